The van der Waals surface area contributed by atoms with Crippen molar-refractivity contribution in [1.29, 1.82) is 0 Å². The van der Waals surface area contributed by atoms with Crippen LogP contribution in [0.15, 0.2) is 42.7 Å². The molecule has 3 aromatic rings. The number of nitrogens with zero attached hydrogens (tertiary/aromatic N) is 5. The van der Waals surface area contributed by atoms with Crippen molar-refractivity contribution in [3.8, 4) is 5.95 Å². The molecule has 7 nitrogen and oxygen atoms in total. The Bertz CT molecular complexity index is 726. The van der Waals surface area contributed by atoms with Crippen LogP contribution in [0.3, 0.4) is 0 Å². The zero-order chi connectivity index (χ0) is 13.9. The van der Waals surface area contributed by atoms with Gasteiger partial charge in [0.1, 0.15) is 0 Å². The second kappa shape index (κ2) is 5.41. The largest absolute Gasteiger partial charge is 0.368 e. The molecule has 100 valence electrons. The number of halogens is 1. The van der Waals surface area contributed by atoms with Crippen LogP contribution in [0.25, 0.3) is 5.95 Å². The van der Waals surface area contributed by atoms with E-state index in [1.165, 1.54) is 4.68 Å². The van der Waals surface area contributed by atoms with Gasteiger partial charge in [-0.05, 0) is 40.8 Å². The van der Waals surface area contributed by atoms with E-state index in [9.17, 15) is 0 Å². The Kier molecular flexibility index (Phi) is 3.46. The van der Waals surface area contributed by atoms with E-state index in [2.05, 4.69) is 48.0 Å². The van der Waals surface area contributed by atoms with Gasteiger partial charge in [0.25, 0.3) is 5.95 Å². The number of nitrogen functional groups attached to an aromatic ring is 1. The standard InChI is InChI=1S/C12H10IN7/c13-8-4-1-2-5-9(8)16-11-17-10(14)18-12(19-11)20-7-3-6-15-20/h1-7H,(H3,14,16,17,18,19). The van der Waals surface area contributed by atoms with E-state index in [0.29, 0.717) is 11.9 Å². The Morgan fingerprint density at radius 3 is 2.70 bits per heavy atom. The number of aromatic nitrogens is 5. The lowest BCUT2D eigenvalue weighted by Gasteiger charge is -2.08. The van der Waals surface area contributed by atoms with Crippen LogP contribution in [0.2, 0.25) is 0 Å². The summed E-state index contributed by atoms with van der Waals surface area (Å²) >= 11 is 2.23. The molecular weight excluding hydrogens is 369 g/mol. The Balaban J connectivity index is 1.97. The molecule has 0 atom stereocenters. The first-order valence-corrected chi connectivity index (χ1v) is 6.83. The fourth-order valence-electron chi connectivity index (χ4n) is 1.61. The molecule has 0 amide bonds. The quantitative estimate of drug-likeness (QED) is 0.676. The number of nitrogens with two attached hydrogens (primary N) is 1. The van der Waals surface area contributed by atoms with E-state index >= 15 is 0 Å². The van der Waals surface area contributed by atoms with Crippen molar-refractivity contribution in [2.75, 3.05) is 11.1 Å². The lowest BCUT2D eigenvalue weighted by atomic mass is 10.3. The van der Waals surface area contributed by atoms with E-state index in [-0.39, 0.29) is 5.95 Å². The summed E-state index contributed by atoms with van der Waals surface area (Å²) in [6, 6.07) is 9.61. The Labute approximate surface area is 128 Å². The highest BCUT2D eigenvalue weighted by Crippen LogP contribution is 2.20. The maximum Gasteiger partial charge on any atom is 0.257 e. The van der Waals surface area contributed by atoms with Crippen LogP contribution >= 0.6 is 22.6 Å². The summed E-state index contributed by atoms with van der Waals surface area (Å²) in [6.45, 7) is 0. The molecule has 0 saturated carbocycles. The van der Waals surface area contributed by atoms with Crippen molar-refractivity contribution in [3.05, 3.63) is 46.3 Å². The predicted octanol–water partition coefficient (Wildman–Crippen LogP) is 1.99. The topological polar surface area (TPSA) is 94.5 Å². The summed E-state index contributed by atoms with van der Waals surface area (Å²) in [6.07, 6.45) is 3.39. The van der Waals surface area contributed by atoms with Gasteiger partial charge in [-0.25, -0.2) is 4.68 Å². The van der Waals surface area contributed by atoms with Gasteiger partial charge < -0.3 is 11.1 Å². The van der Waals surface area contributed by atoms with Crippen molar-refractivity contribution in [2.45, 2.75) is 0 Å². The predicted molar refractivity (Wildman–Crippen MR) is 83.8 cm³/mol. The average Bonchev–Trinajstić information content (AvgIpc) is 2.95. The molecule has 0 saturated heterocycles. The van der Waals surface area contributed by atoms with E-state index < -0.39 is 0 Å². The van der Waals surface area contributed by atoms with Crippen molar-refractivity contribution >= 4 is 40.2 Å². The monoisotopic (exact) mass is 379 g/mol. The lowest BCUT2D eigenvalue weighted by Crippen LogP contribution is -2.09. The van der Waals surface area contributed by atoms with E-state index in [1.54, 1.807) is 18.5 Å². The van der Waals surface area contributed by atoms with Crippen LogP contribution in [-0.2, 0) is 0 Å². The fourth-order valence-corrected chi connectivity index (χ4v) is 2.13. The van der Waals surface area contributed by atoms with Crippen LogP contribution in [-0.4, -0.2) is 24.7 Å². The third-order valence-electron chi connectivity index (χ3n) is 2.47. The van der Waals surface area contributed by atoms with Crippen molar-refractivity contribution in [2.24, 2.45) is 0 Å². The molecule has 0 aliphatic heterocycles. The molecule has 3 rings (SSSR count). The molecule has 8 heteroatoms. The molecule has 0 bridgehead atoms. The van der Waals surface area contributed by atoms with Crippen LogP contribution in [0, 0.1) is 3.57 Å². The van der Waals surface area contributed by atoms with Gasteiger partial charge in [-0.3, -0.25) is 0 Å². The maximum atomic E-state index is 5.71. The molecule has 0 unspecified atom stereocenters. The molecule has 0 fully saturated rings. The molecule has 3 N–H and O–H groups in total. The van der Waals surface area contributed by atoms with Crippen LogP contribution < -0.4 is 11.1 Å². The van der Waals surface area contributed by atoms with Gasteiger partial charge in [-0.2, -0.15) is 20.1 Å². The van der Waals surface area contributed by atoms with Gasteiger partial charge in [0.05, 0.1) is 5.69 Å². The SMILES string of the molecule is Nc1nc(Nc2ccccc2I)nc(-n2cccn2)n1. The van der Waals surface area contributed by atoms with Crippen LogP contribution in [0.5, 0.6) is 0 Å². The number of hydrogen-bond acceptors (Lipinski definition) is 6. The minimum Gasteiger partial charge on any atom is -0.368 e. The maximum absolute atomic E-state index is 5.71. The van der Waals surface area contributed by atoms with Gasteiger partial charge in [0, 0.05) is 16.0 Å². The number of para-hydroxylation sites is 1. The highest BCUT2D eigenvalue weighted by atomic mass is 127. The molecule has 1 aromatic carbocycles. The second-order valence-corrected chi connectivity index (χ2v) is 5.03. The Hall–Kier alpha value is -2.23. The number of rotatable bonds is 3. The normalized spacial score (nSPS) is 10.4. The summed E-state index contributed by atoms with van der Waals surface area (Å²) in [7, 11) is 0. The summed E-state index contributed by atoms with van der Waals surface area (Å²) in [5.74, 6) is 0.891. The number of anilines is 3. The lowest BCUT2D eigenvalue weighted by molar-refractivity contribution is 0.801. The average molecular weight is 379 g/mol. The third kappa shape index (κ3) is 2.69. The molecule has 0 radical (unpaired) electrons. The molecule has 2 aromatic heterocycles. The zero-order valence-electron chi connectivity index (χ0n) is 10.2. The van der Waals surface area contributed by atoms with Crippen molar-refractivity contribution in [1.82, 2.24) is 24.7 Å². The first-order valence-electron chi connectivity index (χ1n) is 5.75. The number of nitrogens with one attached hydrogen (secondary N) is 1. The van der Waals surface area contributed by atoms with E-state index in [0.717, 1.165) is 9.26 Å². The highest BCUT2D eigenvalue weighted by Gasteiger charge is 2.08. The number of benzene rings is 1. The first-order chi connectivity index (χ1) is 9.72. The van der Waals surface area contributed by atoms with Crippen LogP contribution in [0.1, 0.15) is 0 Å². The summed E-state index contributed by atoms with van der Waals surface area (Å²) in [5, 5.41) is 7.20. The first kappa shape index (κ1) is 12.8. The number of hydrogen-bond donors (Lipinski definition) is 2. The molecular formula is C12H10IN7. The minimum absolute atomic E-state index is 0.138. The van der Waals surface area contributed by atoms with Crippen molar-refractivity contribution in [3.63, 3.8) is 0 Å². The van der Waals surface area contributed by atoms with Gasteiger partial charge in [-0.15, -0.1) is 0 Å². The Morgan fingerprint density at radius 2 is 1.95 bits per heavy atom. The minimum atomic E-state index is 0.138. The fraction of sp³-hybridized carbons (Fsp3) is 0. The molecule has 20 heavy (non-hydrogen) atoms. The molecule has 0 aliphatic carbocycles. The molecule has 0 spiro atoms. The smallest absolute Gasteiger partial charge is 0.257 e. The molecule has 0 aliphatic rings. The van der Waals surface area contributed by atoms with Crippen molar-refractivity contribution < 1.29 is 0 Å². The summed E-state index contributed by atoms with van der Waals surface area (Å²) in [4.78, 5) is 12.4. The second-order valence-electron chi connectivity index (χ2n) is 3.87. The van der Waals surface area contributed by atoms with Gasteiger partial charge >= 0.3 is 0 Å². The van der Waals surface area contributed by atoms with Gasteiger partial charge in [0.15, 0.2) is 0 Å². The van der Waals surface area contributed by atoms with Gasteiger partial charge in [-0.1, -0.05) is 12.1 Å². The Morgan fingerprint density at radius 1 is 1.10 bits per heavy atom. The van der Waals surface area contributed by atoms with E-state index in [1.807, 2.05) is 24.3 Å². The van der Waals surface area contributed by atoms with Crippen LogP contribution in [0.4, 0.5) is 17.6 Å². The van der Waals surface area contributed by atoms with Gasteiger partial charge in [0.2, 0.25) is 11.9 Å². The third-order valence-corrected chi connectivity index (χ3v) is 3.41. The summed E-state index contributed by atoms with van der Waals surface area (Å²) < 4.78 is 2.59. The van der Waals surface area contributed by atoms with E-state index in [4.69, 9.17) is 5.73 Å². The summed E-state index contributed by atoms with van der Waals surface area (Å²) in [5.41, 5.74) is 6.62. The highest BCUT2D eigenvalue weighted by molar-refractivity contribution is 14.1. The zero-order valence-corrected chi connectivity index (χ0v) is 12.4. The molecule has 2 heterocycles.